The number of para-hydroxylation sites is 1. The van der Waals surface area contributed by atoms with E-state index in [2.05, 4.69) is 10.3 Å². The molecule has 0 spiro atoms. The van der Waals surface area contributed by atoms with Crippen LogP contribution in [-0.4, -0.2) is 18.0 Å². The van der Waals surface area contributed by atoms with Gasteiger partial charge in [-0.05, 0) is 30.3 Å². The molecule has 0 saturated carbocycles. The summed E-state index contributed by atoms with van der Waals surface area (Å²) in [6.45, 7) is 0. The summed E-state index contributed by atoms with van der Waals surface area (Å²) in [7, 11) is 1.59. The average Bonchev–Trinajstić information content (AvgIpc) is 3.30. The van der Waals surface area contributed by atoms with Gasteiger partial charge in [0.05, 0.1) is 28.5 Å². The van der Waals surface area contributed by atoms with Crippen molar-refractivity contribution in [1.82, 2.24) is 4.98 Å². The first-order valence-corrected chi connectivity index (χ1v) is 9.25. The van der Waals surface area contributed by atoms with Gasteiger partial charge in [-0.25, -0.2) is 4.98 Å². The second kappa shape index (κ2) is 6.10. The van der Waals surface area contributed by atoms with Crippen LogP contribution in [0.5, 0.6) is 5.75 Å². The molecule has 2 aromatic heterocycles. The normalized spacial score (nSPS) is 11.3. The van der Waals surface area contributed by atoms with E-state index in [1.54, 1.807) is 24.8 Å². The van der Waals surface area contributed by atoms with E-state index in [4.69, 9.17) is 9.15 Å². The van der Waals surface area contributed by atoms with Crippen molar-refractivity contribution < 1.29 is 13.9 Å². The number of hydrogen-bond acceptors (Lipinski definition) is 5. The molecule has 5 aromatic rings. The van der Waals surface area contributed by atoms with E-state index in [1.807, 2.05) is 42.5 Å². The lowest BCUT2D eigenvalue weighted by Crippen LogP contribution is -2.12. The molecule has 0 aliphatic carbocycles. The summed E-state index contributed by atoms with van der Waals surface area (Å²) in [6.07, 6.45) is 0. The minimum Gasteiger partial charge on any atom is -0.495 e. The van der Waals surface area contributed by atoms with Gasteiger partial charge in [-0.3, -0.25) is 4.79 Å². The topological polar surface area (TPSA) is 64.4 Å². The highest BCUT2D eigenvalue weighted by Gasteiger charge is 2.15. The molecule has 1 N–H and O–H groups in total. The molecule has 1 amide bonds. The number of ether oxygens (including phenoxy) is 1. The second-order valence-corrected chi connectivity index (χ2v) is 7.02. The van der Waals surface area contributed by atoms with E-state index in [0.717, 1.165) is 26.6 Å². The van der Waals surface area contributed by atoms with E-state index >= 15 is 0 Å². The highest BCUT2D eigenvalue weighted by atomic mass is 32.1. The molecule has 0 fully saturated rings. The van der Waals surface area contributed by atoms with Crippen LogP contribution in [0, 0.1) is 0 Å². The lowest BCUT2D eigenvalue weighted by molar-refractivity contribution is 0.102. The van der Waals surface area contributed by atoms with E-state index in [0.29, 0.717) is 22.6 Å². The van der Waals surface area contributed by atoms with Gasteiger partial charge in [-0.1, -0.05) is 18.2 Å². The number of hydrogen-bond donors (Lipinski definition) is 1. The number of furan rings is 1. The SMILES string of the molecule is COc1cc2c(cc1NC(=O)c1ccc3ncsc3c1)oc1ccccc12. The molecular formula is C21H14N2O3S. The number of amides is 1. The van der Waals surface area contributed by atoms with Crippen LogP contribution in [0.3, 0.4) is 0 Å². The maximum Gasteiger partial charge on any atom is 0.255 e. The monoisotopic (exact) mass is 374 g/mol. The van der Waals surface area contributed by atoms with Crippen LogP contribution in [0.15, 0.2) is 64.5 Å². The zero-order chi connectivity index (χ0) is 18.4. The zero-order valence-electron chi connectivity index (χ0n) is 14.4. The Bertz CT molecular complexity index is 1320. The number of rotatable bonds is 3. The Morgan fingerprint density at radius 1 is 1.07 bits per heavy atom. The Kier molecular flexibility index (Phi) is 3.58. The van der Waals surface area contributed by atoms with Gasteiger partial charge in [-0.2, -0.15) is 0 Å². The predicted molar refractivity (Wildman–Crippen MR) is 108 cm³/mol. The lowest BCUT2D eigenvalue weighted by atomic mass is 10.1. The number of carbonyl (C=O) groups is 1. The number of nitrogens with zero attached hydrogens (tertiary/aromatic N) is 1. The van der Waals surface area contributed by atoms with Crippen molar-refractivity contribution in [2.75, 3.05) is 12.4 Å². The van der Waals surface area contributed by atoms with E-state index in [-0.39, 0.29) is 5.91 Å². The summed E-state index contributed by atoms with van der Waals surface area (Å²) in [5.74, 6) is 0.375. The largest absolute Gasteiger partial charge is 0.495 e. The van der Waals surface area contributed by atoms with Gasteiger partial charge >= 0.3 is 0 Å². The van der Waals surface area contributed by atoms with Crippen LogP contribution in [0.4, 0.5) is 5.69 Å². The summed E-state index contributed by atoms with van der Waals surface area (Å²) < 4.78 is 12.4. The predicted octanol–water partition coefficient (Wildman–Crippen LogP) is 5.46. The van der Waals surface area contributed by atoms with Crippen LogP contribution in [-0.2, 0) is 0 Å². The summed E-state index contributed by atoms with van der Waals surface area (Å²) in [6, 6.07) is 17.0. The van der Waals surface area contributed by atoms with Crippen LogP contribution in [0.2, 0.25) is 0 Å². The maximum absolute atomic E-state index is 12.7. The first kappa shape index (κ1) is 15.8. The molecule has 0 radical (unpaired) electrons. The van der Waals surface area contributed by atoms with Crippen LogP contribution in [0.1, 0.15) is 10.4 Å². The molecule has 0 atom stereocenters. The Morgan fingerprint density at radius 2 is 1.96 bits per heavy atom. The van der Waals surface area contributed by atoms with Gasteiger partial charge in [0.1, 0.15) is 16.9 Å². The number of aromatic nitrogens is 1. The molecule has 2 heterocycles. The Labute approximate surface area is 158 Å². The molecule has 6 heteroatoms. The summed E-state index contributed by atoms with van der Waals surface area (Å²) in [5, 5.41) is 4.90. The molecule has 0 unspecified atom stereocenters. The van der Waals surface area contributed by atoms with Gasteiger partial charge in [0, 0.05) is 22.4 Å². The quantitative estimate of drug-likeness (QED) is 0.456. The van der Waals surface area contributed by atoms with Crippen molar-refractivity contribution in [2.24, 2.45) is 0 Å². The fourth-order valence-corrected chi connectivity index (χ4v) is 3.93. The third-order valence-corrected chi connectivity index (χ3v) is 5.33. The minimum absolute atomic E-state index is 0.209. The first-order chi connectivity index (χ1) is 13.2. The van der Waals surface area contributed by atoms with Gasteiger partial charge < -0.3 is 14.5 Å². The third-order valence-electron chi connectivity index (χ3n) is 4.54. The number of thiazole rings is 1. The van der Waals surface area contributed by atoms with Crippen LogP contribution in [0.25, 0.3) is 32.2 Å². The molecule has 132 valence electrons. The molecule has 0 bridgehead atoms. The molecule has 0 saturated heterocycles. The smallest absolute Gasteiger partial charge is 0.255 e. The fourth-order valence-electron chi connectivity index (χ4n) is 3.21. The number of anilines is 1. The van der Waals surface area contributed by atoms with Gasteiger partial charge in [0.15, 0.2) is 0 Å². The molecule has 5 nitrogen and oxygen atoms in total. The third kappa shape index (κ3) is 2.62. The number of fused-ring (bicyclic) bond motifs is 4. The number of methoxy groups -OCH3 is 1. The summed E-state index contributed by atoms with van der Waals surface area (Å²) >= 11 is 1.51. The molecule has 3 aromatic carbocycles. The highest BCUT2D eigenvalue weighted by molar-refractivity contribution is 7.16. The maximum atomic E-state index is 12.7. The van der Waals surface area contributed by atoms with E-state index in [1.165, 1.54) is 11.3 Å². The standard InChI is InChI=1S/C21H14N2O3S/c1-25-19-9-14-13-4-2-3-5-17(13)26-18(14)10-16(19)23-21(24)12-6-7-15-20(8-12)27-11-22-15/h2-11H,1H3,(H,23,24). The Balaban J connectivity index is 1.56. The fraction of sp³-hybridized carbons (Fsp3) is 0.0476. The van der Waals surface area contributed by atoms with E-state index < -0.39 is 0 Å². The van der Waals surface area contributed by atoms with Gasteiger partial charge in [0.2, 0.25) is 0 Å². The van der Waals surface area contributed by atoms with Crippen molar-refractivity contribution >= 4 is 55.1 Å². The number of nitrogens with one attached hydrogen (secondary N) is 1. The Hall–Kier alpha value is -3.38. The number of carbonyl (C=O) groups excluding carboxylic acids is 1. The zero-order valence-corrected chi connectivity index (χ0v) is 15.2. The molecule has 5 rings (SSSR count). The molecular weight excluding hydrogens is 360 g/mol. The van der Waals surface area contributed by atoms with Crippen molar-refractivity contribution in [2.45, 2.75) is 0 Å². The molecule has 0 aliphatic rings. The van der Waals surface area contributed by atoms with E-state index in [9.17, 15) is 4.79 Å². The molecule has 0 aliphatic heterocycles. The highest BCUT2D eigenvalue weighted by Crippen LogP contribution is 2.36. The van der Waals surface area contributed by atoms with Crippen molar-refractivity contribution in [3.05, 3.63) is 65.7 Å². The summed E-state index contributed by atoms with van der Waals surface area (Å²) in [5.41, 5.74) is 5.29. The van der Waals surface area contributed by atoms with Crippen molar-refractivity contribution in [3.63, 3.8) is 0 Å². The Morgan fingerprint density at radius 3 is 2.85 bits per heavy atom. The summed E-state index contributed by atoms with van der Waals surface area (Å²) in [4.78, 5) is 17.0. The average molecular weight is 374 g/mol. The minimum atomic E-state index is -0.209. The number of benzene rings is 3. The van der Waals surface area contributed by atoms with Crippen LogP contribution < -0.4 is 10.1 Å². The van der Waals surface area contributed by atoms with Gasteiger partial charge in [-0.15, -0.1) is 11.3 Å². The first-order valence-electron chi connectivity index (χ1n) is 8.37. The second-order valence-electron chi connectivity index (χ2n) is 6.14. The lowest BCUT2D eigenvalue weighted by Gasteiger charge is -2.10. The molecule has 27 heavy (non-hydrogen) atoms. The van der Waals surface area contributed by atoms with Crippen molar-refractivity contribution in [3.8, 4) is 5.75 Å². The van der Waals surface area contributed by atoms with Crippen LogP contribution >= 0.6 is 11.3 Å². The van der Waals surface area contributed by atoms with Gasteiger partial charge in [0.25, 0.3) is 5.91 Å². The van der Waals surface area contributed by atoms with Crippen molar-refractivity contribution in [1.29, 1.82) is 0 Å².